The molecule has 0 aliphatic carbocycles. The second kappa shape index (κ2) is 9.35. The predicted molar refractivity (Wildman–Crippen MR) is 103 cm³/mol. The van der Waals surface area contributed by atoms with E-state index in [1.807, 2.05) is 12.1 Å². The van der Waals surface area contributed by atoms with E-state index in [4.69, 9.17) is 0 Å². The minimum atomic E-state index is 0.0671. The molecule has 0 aromatic heterocycles. The molecule has 2 aliphatic heterocycles. The number of carbonyl (C=O) groups is 1. The molecule has 1 N–H and O–H groups in total. The summed E-state index contributed by atoms with van der Waals surface area (Å²) in [6.07, 6.45) is 7.63. The summed E-state index contributed by atoms with van der Waals surface area (Å²) < 4.78 is 0. The maximum Gasteiger partial charge on any atom is 0.251 e. The van der Waals surface area contributed by atoms with E-state index in [0.29, 0.717) is 0 Å². The van der Waals surface area contributed by atoms with Crippen LogP contribution in [0.4, 0.5) is 0 Å². The number of nitrogens with zero attached hydrogens (tertiary/aromatic N) is 2. The molecule has 2 aliphatic rings. The molecule has 3 rings (SSSR count). The summed E-state index contributed by atoms with van der Waals surface area (Å²) in [5.41, 5.74) is 2.09. The number of likely N-dealkylation sites (tertiary alicyclic amines) is 2. The first-order chi connectivity index (χ1) is 12.2. The maximum atomic E-state index is 12.3. The number of hydrogen-bond acceptors (Lipinski definition) is 3. The SMILES string of the molecule is CN1CCC(CCNC(=O)c2ccc(CN3CCCCC3)cc2)CC1. The lowest BCUT2D eigenvalue weighted by Crippen LogP contribution is -2.32. The van der Waals surface area contributed by atoms with Crippen LogP contribution in [0.3, 0.4) is 0 Å². The van der Waals surface area contributed by atoms with Crippen molar-refractivity contribution >= 4 is 5.91 Å². The van der Waals surface area contributed by atoms with Crippen molar-refractivity contribution in [1.29, 1.82) is 0 Å². The Morgan fingerprint density at radius 3 is 2.40 bits per heavy atom. The Balaban J connectivity index is 1.39. The summed E-state index contributed by atoms with van der Waals surface area (Å²) in [6.45, 7) is 6.60. The molecule has 4 nitrogen and oxygen atoms in total. The van der Waals surface area contributed by atoms with Gasteiger partial charge in [-0.2, -0.15) is 0 Å². The summed E-state index contributed by atoms with van der Waals surface area (Å²) in [4.78, 5) is 17.2. The Morgan fingerprint density at radius 1 is 1.04 bits per heavy atom. The number of amides is 1. The monoisotopic (exact) mass is 343 g/mol. The lowest BCUT2D eigenvalue weighted by atomic mass is 9.94. The van der Waals surface area contributed by atoms with Crippen LogP contribution in [0, 0.1) is 5.92 Å². The lowest BCUT2D eigenvalue weighted by Gasteiger charge is -2.28. The van der Waals surface area contributed by atoms with Crippen molar-refractivity contribution in [3.05, 3.63) is 35.4 Å². The van der Waals surface area contributed by atoms with E-state index < -0.39 is 0 Å². The van der Waals surface area contributed by atoms with Crippen molar-refractivity contribution < 1.29 is 4.79 Å². The van der Waals surface area contributed by atoms with Crippen molar-refractivity contribution in [2.75, 3.05) is 39.8 Å². The fourth-order valence-electron chi connectivity index (χ4n) is 3.98. The zero-order valence-corrected chi connectivity index (χ0v) is 15.7. The molecule has 4 heteroatoms. The van der Waals surface area contributed by atoms with Crippen LogP contribution in [0.25, 0.3) is 0 Å². The summed E-state index contributed by atoms with van der Waals surface area (Å²) in [7, 11) is 2.19. The van der Waals surface area contributed by atoms with Crippen molar-refractivity contribution in [1.82, 2.24) is 15.1 Å². The van der Waals surface area contributed by atoms with Gasteiger partial charge in [-0.3, -0.25) is 9.69 Å². The van der Waals surface area contributed by atoms with Gasteiger partial charge in [0, 0.05) is 18.7 Å². The predicted octanol–water partition coefficient (Wildman–Crippen LogP) is 3.13. The van der Waals surface area contributed by atoms with E-state index in [1.165, 1.54) is 63.8 Å². The number of benzene rings is 1. The highest BCUT2D eigenvalue weighted by molar-refractivity contribution is 5.94. The van der Waals surface area contributed by atoms with Gasteiger partial charge in [-0.05, 0) is 88.9 Å². The Morgan fingerprint density at radius 2 is 1.72 bits per heavy atom. The van der Waals surface area contributed by atoms with E-state index in [1.54, 1.807) is 0 Å². The second-order valence-corrected chi connectivity index (χ2v) is 7.82. The molecule has 0 unspecified atom stereocenters. The standard InChI is InChI=1S/C21H33N3O/c1-23-15-10-18(11-16-23)9-12-22-21(25)20-7-5-19(6-8-20)17-24-13-3-2-4-14-24/h5-8,18H,2-4,9-17H2,1H3,(H,22,25). The molecule has 25 heavy (non-hydrogen) atoms. The van der Waals surface area contributed by atoms with Gasteiger partial charge >= 0.3 is 0 Å². The topological polar surface area (TPSA) is 35.6 Å². The molecule has 1 amide bonds. The highest BCUT2D eigenvalue weighted by atomic mass is 16.1. The molecular formula is C21H33N3O. The third-order valence-electron chi connectivity index (χ3n) is 5.75. The number of piperidine rings is 2. The van der Waals surface area contributed by atoms with Gasteiger partial charge in [0.1, 0.15) is 0 Å². The molecule has 0 radical (unpaired) electrons. The Labute approximate surface area is 152 Å². The molecular weight excluding hydrogens is 310 g/mol. The van der Waals surface area contributed by atoms with Crippen LogP contribution in [0.1, 0.15) is 54.4 Å². The van der Waals surface area contributed by atoms with Crippen LogP contribution in [0.15, 0.2) is 24.3 Å². The molecule has 0 spiro atoms. The summed E-state index contributed by atoms with van der Waals surface area (Å²) >= 11 is 0. The number of hydrogen-bond donors (Lipinski definition) is 1. The zero-order valence-electron chi connectivity index (χ0n) is 15.7. The van der Waals surface area contributed by atoms with E-state index in [-0.39, 0.29) is 5.91 Å². The molecule has 0 atom stereocenters. The van der Waals surface area contributed by atoms with E-state index in [0.717, 1.165) is 31.0 Å². The summed E-state index contributed by atoms with van der Waals surface area (Å²) in [5, 5.41) is 3.10. The van der Waals surface area contributed by atoms with Crippen LogP contribution >= 0.6 is 0 Å². The minimum Gasteiger partial charge on any atom is -0.352 e. The summed E-state index contributed by atoms with van der Waals surface area (Å²) in [6, 6.07) is 8.18. The largest absolute Gasteiger partial charge is 0.352 e. The molecule has 0 saturated carbocycles. The number of nitrogens with one attached hydrogen (secondary N) is 1. The highest BCUT2D eigenvalue weighted by Gasteiger charge is 2.16. The van der Waals surface area contributed by atoms with Gasteiger partial charge in [-0.1, -0.05) is 18.6 Å². The van der Waals surface area contributed by atoms with Crippen molar-refractivity contribution in [3.63, 3.8) is 0 Å². The van der Waals surface area contributed by atoms with Crippen LogP contribution < -0.4 is 5.32 Å². The number of rotatable bonds is 6. The van der Waals surface area contributed by atoms with Gasteiger partial charge in [-0.25, -0.2) is 0 Å². The minimum absolute atomic E-state index is 0.0671. The fraction of sp³-hybridized carbons (Fsp3) is 0.667. The Bertz CT molecular complexity index is 529. The molecule has 2 fully saturated rings. The summed E-state index contributed by atoms with van der Waals surface area (Å²) in [5.74, 6) is 0.834. The molecule has 138 valence electrons. The van der Waals surface area contributed by atoms with Gasteiger partial charge in [0.2, 0.25) is 0 Å². The van der Waals surface area contributed by atoms with Gasteiger partial charge in [-0.15, -0.1) is 0 Å². The smallest absolute Gasteiger partial charge is 0.251 e. The molecule has 2 heterocycles. The molecule has 1 aromatic rings. The molecule has 0 bridgehead atoms. The first-order valence-corrected chi connectivity index (χ1v) is 9.99. The average Bonchev–Trinajstić information content (AvgIpc) is 2.65. The third kappa shape index (κ3) is 5.82. The number of carbonyl (C=O) groups excluding carboxylic acids is 1. The molecule has 1 aromatic carbocycles. The van der Waals surface area contributed by atoms with E-state index in [2.05, 4.69) is 34.3 Å². The normalized spacial score (nSPS) is 20.5. The average molecular weight is 344 g/mol. The van der Waals surface area contributed by atoms with Crippen molar-refractivity contribution in [3.8, 4) is 0 Å². The lowest BCUT2D eigenvalue weighted by molar-refractivity contribution is 0.0949. The van der Waals surface area contributed by atoms with Crippen molar-refractivity contribution in [2.45, 2.75) is 45.1 Å². The third-order valence-corrected chi connectivity index (χ3v) is 5.75. The van der Waals surface area contributed by atoms with Gasteiger partial charge in [0.15, 0.2) is 0 Å². The fourth-order valence-corrected chi connectivity index (χ4v) is 3.98. The van der Waals surface area contributed by atoms with Crippen molar-refractivity contribution in [2.24, 2.45) is 5.92 Å². The van der Waals surface area contributed by atoms with Crippen LogP contribution in [0.5, 0.6) is 0 Å². The first-order valence-electron chi connectivity index (χ1n) is 9.99. The quantitative estimate of drug-likeness (QED) is 0.862. The maximum absolute atomic E-state index is 12.3. The van der Waals surface area contributed by atoms with Crippen LogP contribution in [0.2, 0.25) is 0 Å². The Kier molecular flexibility index (Phi) is 6.88. The zero-order chi connectivity index (χ0) is 17.5. The van der Waals surface area contributed by atoms with Gasteiger partial charge in [0.05, 0.1) is 0 Å². The molecule has 2 saturated heterocycles. The van der Waals surface area contributed by atoms with Crippen LogP contribution in [-0.2, 0) is 6.54 Å². The second-order valence-electron chi connectivity index (χ2n) is 7.82. The van der Waals surface area contributed by atoms with E-state index >= 15 is 0 Å². The van der Waals surface area contributed by atoms with Crippen LogP contribution in [-0.4, -0.2) is 55.5 Å². The van der Waals surface area contributed by atoms with Gasteiger partial charge in [0.25, 0.3) is 5.91 Å². The Hall–Kier alpha value is -1.39. The first kappa shape index (κ1) is 18.4. The van der Waals surface area contributed by atoms with Gasteiger partial charge < -0.3 is 10.2 Å². The van der Waals surface area contributed by atoms with E-state index in [9.17, 15) is 4.79 Å². The highest BCUT2D eigenvalue weighted by Crippen LogP contribution is 2.19.